The van der Waals surface area contributed by atoms with E-state index >= 15 is 0 Å². The van der Waals surface area contributed by atoms with E-state index in [-0.39, 0.29) is 18.0 Å². The highest BCUT2D eigenvalue weighted by Gasteiger charge is 2.15. The lowest BCUT2D eigenvalue weighted by atomic mass is 10.2. The first-order chi connectivity index (χ1) is 9.02. The normalized spacial score (nSPS) is 13.9. The summed E-state index contributed by atoms with van der Waals surface area (Å²) in [6.45, 7) is 6.63. The van der Waals surface area contributed by atoms with Crippen LogP contribution >= 0.6 is 0 Å². The van der Waals surface area contributed by atoms with Crippen molar-refractivity contribution in [3.05, 3.63) is 29.8 Å². The molecule has 2 unspecified atom stereocenters. The van der Waals surface area contributed by atoms with Crippen LogP contribution in [0.2, 0.25) is 0 Å². The lowest BCUT2D eigenvalue weighted by molar-refractivity contribution is -0.118. The number of anilines is 1. The average Bonchev–Trinajstić information content (AvgIpc) is 2.39. The number of carbonyl (C=O) groups is 1. The minimum atomic E-state index is -0.229. The molecule has 106 valence electrons. The summed E-state index contributed by atoms with van der Waals surface area (Å²) >= 11 is 0. The fraction of sp³-hybridized carbons (Fsp3) is 0.533. The Hall–Kier alpha value is -1.39. The van der Waals surface area contributed by atoms with Crippen molar-refractivity contribution < 1.29 is 9.53 Å². The van der Waals surface area contributed by atoms with Gasteiger partial charge in [0, 0.05) is 25.4 Å². The maximum absolute atomic E-state index is 12.0. The minimum absolute atomic E-state index is 0.0203. The number of amides is 1. The molecule has 4 heteroatoms. The molecule has 1 rings (SSSR count). The van der Waals surface area contributed by atoms with Gasteiger partial charge in [-0.3, -0.25) is 4.79 Å². The predicted octanol–water partition coefficient (Wildman–Crippen LogP) is 2.34. The van der Waals surface area contributed by atoms with Gasteiger partial charge in [-0.25, -0.2) is 0 Å². The third-order valence-electron chi connectivity index (χ3n) is 3.00. The van der Waals surface area contributed by atoms with E-state index in [0.717, 1.165) is 12.1 Å². The van der Waals surface area contributed by atoms with E-state index in [1.165, 1.54) is 5.56 Å². The van der Waals surface area contributed by atoms with Gasteiger partial charge in [0.2, 0.25) is 5.91 Å². The first-order valence-electron chi connectivity index (χ1n) is 6.65. The molecule has 0 radical (unpaired) electrons. The van der Waals surface area contributed by atoms with Crippen LogP contribution in [0.5, 0.6) is 0 Å². The van der Waals surface area contributed by atoms with Crippen molar-refractivity contribution in [3.63, 3.8) is 0 Å². The molecule has 2 N–H and O–H groups in total. The molecule has 4 nitrogen and oxygen atoms in total. The fourth-order valence-corrected chi connectivity index (χ4v) is 1.77. The van der Waals surface area contributed by atoms with Gasteiger partial charge in [-0.05, 0) is 39.3 Å². The number of aryl methyl sites for hydroxylation is 1. The molecule has 19 heavy (non-hydrogen) atoms. The van der Waals surface area contributed by atoms with E-state index in [1.807, 2.05) is 38.1 Å². The van der Waals surface area contributed by atoms with Crippen LogP contribution < -0.4 is 10.6 Å². The first-order valence-corrected chi connectivity index (χ1v) is 6.65. The fourth-order valence-electron chi connectivity index (χ4n) is 1.77. The number of rotatable bonds is 7. The zero-order valence-electron chi connectivity index (χ0n) is 12.2. The lowest BCUT2D eigenvalue weighted by Gasteiger charge is -2.19. The summed E-state index contributed by atoms with van der Waals surface area (Å²) < 4.78 is 5.02. The second-order valence-corrected chi connectivity index (χ2v) is 4.93. The van der Waals surface area contributed by atoms with Crippen molar-refractivity contribution >= 4 is 11.6 Å². The third kappa shape index (κ3) is 5.85. The molecular formula is C15H24N2O2. The van der Waals surface area contributed by atoms with Gasteiger partial charge in [-0.2, -0.15) is 0 Å². The van der Waals surface area contributed by atoms with Crippen LogP contribution in [0.4, 0.5) is 5.69 Å². The van der Waals surface area contributed by atoms with E-state index in [4.69, 9.17) is 4.74 Å². The molecule has 0 fully saturated rings. The zero-order chi connectivity index (χ0) is 14.3. The second kappa shape index (κ2) is 7.92. The second-order valence-electron chi connectivity index (χ2n) is 4.93. The van der Waals surface area contributed by atoms with Gasteiger partial charge in [0.05, 0.1) is 6.04 Å². The SMILES string of the molecule is COCCC(C)NC(C)C(=O)Nc1ccc(C)cc1. The molecule has 0 saturated heterocycles. The van der Waals surface area contributed by atoms with Crippen LogP contribution in [0.25, 0.3) is 0 Å². The summed E-state index contributed by atoms with van der Waals surface area (Å²) in [5.74, 6) is -0.0203. The van der Waals surface area contributed by atoms with E-state index in [1.54, 1.807) is 7.11 Å². The summed E-state index contributed by atoms with van der Waals surface area (Å²) in [7, 11) is 1.68. The van der Waals surface area contributed by atoms with Gasteiger partial charge in [-0.1, -0.05) is 17.7 Å². The van der Waals surface area contributed by atoms with Crippen LogP contribution in [-0.2, 0) is 9.53 Å². The molecule has 1 aromatic rings. The Kier molecular flexibility index (Phi) is 6.53. The molecule has 0 aliphatic rings. The largest absolute Gasteiger partial charge is 0.385 e. The highest BCUT2D eigenvalue weighted by molar-refractivity contribution is 5.94. The predicted molar refractivity (Wildman–Crippen MR) is 78.4 cm³/mol. The van der Waals surface area contributed by atoms with Crippen molar-refractivity contribution in [2.24, 2.45) is 0 Å². The third-order valence-corrected chi connectivity index (χ3v) is 3.00. The summed E-state index contributed by atoms with van der Waals surface area (Å²) in [6, 6.07) is 7.80. The molecule has 1 amide bonds. The van der Waals surface area contributed by atoms with Crippen LogP contribution in [-0.4, -0.2) is 31.7 Å². The number of benzene rings is 1. The summed E-state index contributed by atoms with van der Waals surface area (Å²) in [5, 5.41) is 6.15. The van der Waals surface area contributed by atoms with Crippen molar-refractivity contribution in [1.29, 1.82) is 0 Å². The van der Waals surface area contributed by atoms with Crippen LogP contribution in [0.15, 0.2) is 24.3 Å². The van der Waals surface area contributed by atoms with E-state index < -0.39 is 0 Å². The highest BCUT2D eigenvalue weighted by Crippen LogP contribution is 2.09. The first kappa shape index (κ1) is 15.7. The summed E-state index contributed by atoms with van der Waals surface area (Å²) in [5.41, 5.74) is 2.01. The van der Waals surface area contributed by atoms with Gasteiger partial charge >= 0.3 is 0 Å². The summed E-state index contributed by atoms with van der Waals surface area (Å²) in [4.78, 5) is 12.0. The van der Waals surface area contributed by atoms with Gasteiger partial charge in [-0.15, -0.1) is 0 Å². The Balaban J connectivity index is 2.42. The molecule has 0 aliphatic heterocycles. The average molecular weight is 264 g/mol. The molecule has 0 aromatic heterocycles. The Labute approximate surface area is 115 Å². The Bertz CT molecular complexity index is 390. The zero-order valence-corrected chi connectivity index (χ0v) is 12.2. The number of nitrogens with one attached hydrogen (secondary N) is 2. The quantitative estimate of drug-likeness (QED) is 0.794. The van der Waals surface area contributed by atoms with Crippen molar-refractivity contribution in [1.82, 2.24) is 5.32 Å². The van der Waals surface area contributed by atoms with Crippen LogP contribution in [0.3, 0.4) is 0 Å². The number of hydrogen-bond acceptors (Lipinski definition) is 3. The number of hydrogen-bond donors (Lipinski definition) is 2. The molecular weight excluding hydrogens is 240 g/mol. The molecule has 0 aliphatic carbocycles. The Morgan fingerprint density at radius 2 is 1.89 bits per heavy atom. The topological polar surface area (TPSA) is 50.4 Å². The Morgan fingerprint density at radius 3 is 2.47 bits per heavy atom. The number of carbonyl (C=O) groups excluding carboxylic acids is 1. The standard InChI is InChI=1S/C15H24N2O2/c1-11-5-7-14(8-6-11)17-15(18)13(3)16-12(2)9-10-19-4/h5-8,12-13,16H,9-10H2,1-4H3,(H,17,18). The van der Waals surface area contributed by atoms with Crippen molar-refractivity contribution in [2.75, 3.05) is 19.0 Å². The smallest absolute Gasteiger partial charge is 0.241 e. The van der Waals surface area contributed by atoms with E-state index in [9.17, 15) is 4.79 Å². The Morgan fingerprint density at radius 1 is 1.26 bits per heavy atom. The maximum Gasteiger partial charge on any atom is 0.241 e. The van der Waals surface area contributed by atoms with Gasteiger partial charge in [0.1, 0.15) is 0 Å². The van der Waals surface area contributed by atoms with E-state index in [2.05, 4.69) is 17.6 Å². The number of ether oxygens (including phenoxy) is 1. The van der Waals surface area contributed by atoms with Crippen molar-refractivity contribution in [3.8, 4) is 0 Å². The highest BCUT2D eigenvalue weighted by atomic mass is 16.5. The number of methoxy groups -OCH3 is 1. The van der Waals surface area contributed by atoms with Crippen LogP contribution in [0, 0.1) is 6.92 Å². The molecule has 0 bridgehead atoms. The summed E-state index contributed by atoms with van der Waals surface area (Å²) in [6.07, 6.45) is 0.888. The lowest BCUT2D eigenvalue weighted by Crippen LogP contribution is -2.43. The molecule has 0 saturated carbocycles. The van der Waals surface area contributed by atoms with Crippen molar-refractivity contribution in [2.45, 2.75) is 39.3 Å². The monoisotopic (exact) mass is 264 g/mol. The van der Waals surface area contributed by atoms with Gasteiger partial charge in [0.15, 0.2) is 0 Å². The minimum Gasteiger partial charge on any atom is -0.385 e. The molecule has 2 atom stereocenters. The van der Waals surface area contributed by atoms with Crippen LogP contribution in [0.1, 0.15) is 25.8 Å². The maximum atomic E-state index is 12.0. The van der Waals surface area contributed by atoms with Gasteiger partial charge < -0.3 is 15.4 Å². The molecule has 0 spiro atoms. The van der Waals surface area contributed by atoms with Gasteiger partial charge in [0.25, 0.3) is 0 Å². The molecule has 0 heterocycles. The van der Waals surface area contributed by atoms with E-state index in [0.29, 0.717) is 6.61 Å². The molecule has 1 aromatic carbocycles.